The predicted molar refractivity (Wildman–Crippen MR) is 35.4 cm³/mol. The molecule has 0 aliphatic carbocycles. The van der Waals surface area contributed by atoms with Gasteiger partial charge in [0.2, 0.25) is 0 Å². The van der Waals surface area contributed by atoms with E-state index in [1.54, 1.807) is 0 Å². The average molecular weight is 226 g/mol. The molecular weight excluding hydrogens is 219 g/mol. The number of sulfone groups is 1. The van der Waals surface area contributed by atoms with Crippen LogP contribution in [0.25, 0.3) is 0 Å². The van der Waals surface area contributed by atoms with Gasteiger partial charge in [0.15, 0.2) is 12.3 Å². The summed E-state index contributed by atoms with van der Waals surface area (Å²) in [5.41, 5.74) is 0. The zero-order valence-corrected chi connectivity index (χ0v) is 10.3. The SMILES string of the molecule is CS(=O)(=O)CCOSOO[O-].[Na+]. The maximum atomic E-state index is 10.4. The van der Waals surface area contributed by atoms with Crippen molar-refractivity contribution in [2.75, 3.05) is 18.6 Å². The van der Waals surface area contributed by atoms with Crippen molar-refractivity contribution in [1.82, 2.24) is 0 Å². The zero-order chi connectivity index (χ0) is 8.74. The Morgan fingerprint density at radius 3 is 2.50 bits per heavy atom. The van der Waals surface area contributed by atoms with Gasteiger partial charge in [0.1, 0.15) is 9.84 Å². The van der Waals surface area contributed by atoms with E-state index in [1.807, 2.05) is 0 Å². The van der Waals surface area contributed by atoms with E-state index >= 15 is 0 Å². The van der Waals surface area contributed by atoms with Crippen molar-refractivity contribution in [3.05, 3.63) is 0 Å². The van der Waals surface area contributed by atoms with Crippen molar-refractivity contribution in [3.63, 3.8) is 0 Å². The summed E-state index contributed by atoms with van der Waals surface area (Å²) in [5, 5.41) is 12.1. The summed E-state index contributed by atoms with van der Waals surface area (Å²) in [6, 6.07) is 0. The second kappa shape index (κ2) is 8.73. The van der Waals surface area contributed by atoms with Gasteiger partial charge in [-0.05, 0) is 0 Å². The summed E-state index contributed by atoms with van der Waals surface area (Å²) in [7, 11) is -3.02. The first kappa shape index (κ1) is 15.6. The van der Waals surface area contributed by atoms with Crippen molar-refractivity contribution < 1.29 is 56.8 Å². The van der Waals surface area contributed by atoms with Crippen LogP contribution in [0.1, 0.15) is 0 Å². The summed E-state index contributed by atoms with van der Waals surface area (Å²) in [6.07, 6.45) is 1.08. The smallest absolute Gasteiger partial charge is 0.691 e. The van der Waals surface area contributed by atoms with Crippen LogP contribution in [0.2, 0.25) is 0 Å². The molecule has 12 heavy (non-hydrogen) atoms. The molecule has 6 nitrogen and oxygen atoms in total. The third-order valence-corrected chi connectivity index (χ3v) is 1.92. The Bertz CT molecular complexity index is 179. The average Bonchev–Trinajstić information content (AvgIpc) is 1.85. The minimum atomic E-state index is -3.02. The molecule has 0 heterocycles. The van der Waals surface area contributed by atoms with Crippen LogP contribution in [-0.2, 0) is 23.4 Å². The Kier molecular flexibility index (Phi) is 11.3. The van der Waals surface area contributed by atoms with E-state index in [-0.39, 0.29) is 41.9 Å². The van der Waals surface area contributed by atoms with Crippen LogP contribution >= 0.6 is 12.3 Å². The Morgan fingerprint density at radius 2 is 2.08 bits per heavy atom. The van der Waals surface area contributed by atoms with Crippen molar-refractivity contribution in [1.29, 1.82) is 0 Å². The van der Waals surface area contributed by atoms with Gasteiger partial charge in [-0.2, -0.15) is 0 Å². The zero-order valence-electron chi connectivity index (χ0n) is 6.68. The molecule has 0 aliphatic rings. The minimum Gasteiger partial charge on any atom is -0.691 e. The van der Waals surface area contributed by atoms with Gasteiger partial charge >= 0.3 is 29.6 Å². The molecule has 9 heteroatoms. The molecule has 0 fully saturated rings. The summed E-state index contributed by atoms with van der Waals surface area (Å²) in [5.74, 6) is -0.123. The van der Waals surface area contributed by atoms with Crippen molar-refractivity contribution in [3.8, 4) is 0 Å². The molecule has 0 bridgehead atoms. The fourth-order valence-electron chi connectivity index (χ4n) is 0.250. The largest absolute Gasteiger partial charge is 1.00 e. The van der Waals surface area contributed by atoms with E-state index in [1.165, 1.54) is 0 Å². The number of hydrogen-bond acceptors (Lipinski definition) is 7. The molecule has 0 aromatic carbocycles. The van der Waals surface area contributed by atoms with Crippen LogP contribution in [-0.4, -0.2) is 27.0 Å². The minimum absolute atomic E-state index is 0. The predicted octanol–water partition coefficient (Wildman–Crippen LogP) is -4.16. The molecule has 0 saturated heterocycles. The Morgan fingerprint density at radius 1 is 1.50 bits per heavy atom. The first-order chi connectivity index (χ1) is 5.06. The fraction of sp³-hybridized carbons (Fsp3) is 1.00. The number of rotatable bonds is 6. The van der Waals surface area contributed by atoms with E-state index < -0.39 is 9.84 Å². The molecule has 0 saturated carbocycles. The van der Waals surface area contributed by atoms with E-state index in [2.05, 4.69) is 13.6 Å². The van der Waals surface area contributed by atoms with Crippen molar-refractivity contribution in [2.45, 2.75) is 0 Å². The molecule has 0 radical (unpaired) electrons. The van der Waals surface area contributed by atoms with Gasteiger partial charge in [0.25, 0.3) is 0 Å². The second-order valence-electron chi connectivity index (χ2n) is 1.66. The summed E-state index contributed by atoms with van der Waals surface area (Å²) >= 11 is 0.295. The van der Waals surface area contributed by atoms with Gasteiger partial charge < -0.3 is 5.26 Å². The first-order valence-electron chi connectivity index (χ1n) is 2.49. The third-order valence-electron chi connectivity index (χ3n) is 0.641. The van der Waals surface area contributed by atoms with Gasteiger partial charge in [-0.3, -0.25) is 9.22 Å². The first-order valence-corrected chi connectivity index (χ1v) is 5.21. The Hall–Kier alpha value is 1.14. The van der Waals surface area contributed by atoms with E-state index in [4.69, 9.17) is 5.26 Å². The Labute approximate surface area is 97.0 Å². The molecule has 0 unspecified atom stereocenters. The Balaban J connectivity index is 0. The van der Waals surface area contributed by atoms with E-state index in [9.17, 15) is 8.42 Å². The van der Waals surface area contributed by atoms with Gasteiger partial charge in [-0.15, -0.1) is 4.33 Å². The van der Waals surface area contributed by atoms with Gasteiger partial charge in [0.05, 0.1) is 12.4 Å². The topological polar surface area (TPSA) is 84.9 Å². The molecule has 0 spiro atoms. The summed E-state index contributed by atoms with van der Waals surface area (Å²) in [4.78, 5) is 0. The normalized spacial score (nSPS) is 10.8. The molecular formula is C3H7NaO6S2. The molecule has 0 N–H and O–H groups in total. The summed E-state index contributed by atoms with van der Waals surface area (Å²) < 4.78 is 29.0. The number of hydrogen-bond donors (Lipinski definition) is 0. The van der Waals surface area contributed by atoms with Crippen LogP contribution in [0.5, 0.6) is 0 Å². The molecule has 0 aromatic heterocycles. The molecule has 0 atom stereocenters. The standard InChI is InChI=1S/C3H8O6S2.Na/c1-11(5,6)3-2-7-10-9-8-4;/h4H,2-3H2,1H3;/q;+1/p-1. The second-order valence-corrected chi connectivity index (χ2v) is 4.42. The molecule has 0 amide bonds. The van der Waals surface area contributed by atoms with E-state index in [0.717, 1.165) is 6.26 Å². The summed E-state index contributed by atoms with van der Waals surface area (Å²) in [6.45, 7) is -0.0488. The van der Waals surface area contributed by atoms with Crippen LogP contribution in [0, 0.1) is 0 Å². The van der Waals surface area contributed by atoms with Crippen LogP contribution in [0.3, 0.4) is 0 Å². The molecule has 68 valence electrons. The maximum absolute atomic E-state index is 10.4. The fourth-order valence-corrected chi connectivity index (χ4v) is 0.955. The molecule has 0 aromatic rings. The van der Waals surface area contributed by atoms with Gasteiger partial charge in [-0.25, -0.2) is 8.42 Å². The van der Waals surface area contributed by atoms with Crippen molar-refractivity contribution >= 4 is 22.2 Å². The van der Waals surface area contributed by atoms with Crippen molar-refractivity contribution in [2.24, 2.45) is 0 Å². The van der Waals surface area contributed by atoms with Crippen LogP contribution in [0.4, 0.5) is 0 Å². The monoisotopic (exact) mass is 226 g/mol. The quantitative estimate of drug-likeness (QED) is 0.149. The molecule has 0 rings (SSSR count). The third kappa shape index (κ3) is 13.7. The molecule has 0 aliphatic heterocycles. The van der Waals surface area contributed by atoms with Gasteiger partial charge in [-0.1, -0.05) is 0 Å². The maximum Gasteiger partial charge on any atom is 1.00 e. The van der Waals surface area contributed by atoms with Gasteiger partial charge in [0, 0.05) is 6.26 Å². The van der Waals surface area contributed by atoms with Crippen LogP contribution < -0.4 is 34.8 Å². The van der Waals surface area contributed by atoms with Crippen LogP contribution in [0.15, 0.2) is 0 Å². The van der Waals surface area contributed by atoms with E-state index in [0.29, 0.717) is 12.3 Å².